The zero-order chi connectivity index (χ0) is 46.2. The molecule has 13 rings (SSSR count). The molecule has 0 saturated heterocycles. The second kappa shape index (κ2) is 16.3. The average Bonchev–Trinajstić information content (AvgIpc) is 3.39. The SMILES string of the molecule is Cc1cc(C)c(-c2ccc(-c3c4ccccc4c(-c4ccc5ccccc5c4)c4ccccc34)cc2)c(C)c1-c1ccc(-c2c3ccccc3c(-c3ccc4ccccc4c3)c3ccccc23)cc1. The fourth-order valence-corrected chi connectivity index (χ4v) is 11.9. The van der Waals surface area contributed by atoms with E-state index in [0.717, 1.165) is 0 Å². The van der Waals surface area contributed by atoms with Gasteiger partial charge in [0.05, 0.1) is 0 Å². The lowest BCUT2D eigenvalue weighted by Crippen LogP contribution is -1.96. The molecule has 0 aromatic heterocycles. The number of fused-ring (bicyclic) bond motifs is 6. The van der Waals surface area contributed by atoms with Crippen molar-refractivity contribution in [3.63, 3.8) is 0 Å². The molecule has 13 aromatic rings. The summed E-state index contributed by atoms with van der Waals surface area (Å²) in [4.78, 5) is 0. The van der Waals surface area contributed by atoms with Gasteiger partial charge in [-0.3, -0.25) is 0 Å². The van der Waals surface area contributed by atoms with Crippen molar-refractivity contribution in [1.29, 1.82) is 0 Å². The van der Waals surface area contributed by atoms with Crippen molar-refractivity contribution in [1.82, 2.24) is 0 Å². The third-order valence-corrected chi connectivity index (χ3v) is 14.8. The monoisotopic (exact) mass is 876 g/mol. The highest BCUT2D eigenvalue weighted by atomic mass is 14.2. The Morgan fingerprint density at radius 1 is 0.188 bits per heavy atom. The molecule has 0 aliphatic heterocycles. The van der Waals surface area contributed by atoms with Crippen LogP contribution in [0.25, 0.3) is 131 Å². The Labute approximate surface area is 403 Å². The lowest BCUT2D eigenvalue weighted by atomic mass is 9.83. The van der Waals surface area contributed by atoms with E-state index in [-0.39, 0.29) is 0 Å². The van der Waals surface area contributed by atoms with Gasteiger partial charge in [-0.15, -0.1) is 0 Å². The van der Waals surface area contributed by atoms with Gasteiger partial charge in [0.25, 0.3) is 0 Å². The summed E-state index contributed by atoms with van der Waals surface area (Å²) >= 11 is 0. The van der Waals surface area contributed by atoms with Gasteiger partial charge in [-0.25, -0.2) is 0 Å². The van der Waals surface area contributed by atoms with Crippen LogP contribution < -0.4 is 0 Å². The zero-order valence-corrected chi connectivity index (χ0v) is 39.0. The smallest absolute Gasteiger partial charge is 0.00262 e. The normalized spacial score (nSPS) is 11.7. The molecule has 324 valence electrons. The van der Waals surface area contributed by atoms with E-state index in [1.165, 1.54) is 148 Å². The largest absolute Gasteiger partial charge is 0.0616 e. The number of hydrogen-bond acceptors (Lipinski definition) is 0. The van der Waals surface area contributed by atoms with Crippen LogP contribution in [0.2, 0.25) is 0 Å². The molecule has 0 bridgehead atoms. The molecule has 0 aliphatic rings. The summed E-state index contributed by atoms with van der Waals surface area (Å²) in [7, 11) is 0. The first-order valence-electron chi connectivity index (χ1n) is 24.2. The average molecular weight is 877 g/mol. The molecular formula is C69H48. The molecule has 0 radical (unpaired) electrons. The molecule has 69 heavy (non-hydrogen) atoms. The van der Waals surface area contributed by atoms with E-state index in [4.69, 9.17) is 0 Å². The Bertz CT molecular complexity index is 3800. The summed E-state index contributed by atoms with van der Waals surface area (Å²) in [6.45, 7) is 6.84. The summed E-state index contributed by atoms with van der Waals surface area (Å²) in [6, 6.07) is 88.0. The van der Waals surface area contributed by atoms with Crippen LogP contribution in [-0.4, -0.2) is 0 Å². The Balaban J connectivity index is 0.893. The molecule has 0 fully saturated rings. The minimum Gasteiger partial charge on any atom is -0.0616 e. The summed E-state index contributed by atoms with van der Waals surface area (Å²) < 4.78 is 0. The van der Waals surface area contributed by atoms with Crippen LogP contribution in [0.15, 0.2) is 237 Å². The van der Waals surface area contributed by atoms with Crippen LogP contribution in [0.1, 0.15) is 16.7 Å². The van der Waals surface area contributed by atoms with E-state index >= 15 is 0 Å². The van der Waals surface area contributed by atoms with E-state index in [1.807, 2.05) is 0 Å². The Hall–Kier alpha value is -8.58. The maximum Gasteiger partial charge on any atom is -0.00262 e. The third kappa shape index (κ3) is 6.67. The van der Waals surface area contributed by atoms with Gasteiger partial charge in [0, 0.05) is 0 Å². The van der Waals surface area contributed by atoms with Crippen molar-refractivity contribution < 1.29 is 0 Å². The molecule has 0 unspecified atom stereocenters. The zero-order valence-electron chi connectivity index (χ0n) is 39.0. The van der Waals surface area contributed by atoms with Crippen LogP contribution in [-0.2, 0) is 0 Å². The number of benzene rings is 13. The predicted octanol–water partition coefficient (Wildman–Crippen LogP) is 19.5. The third-order valence-electron chi connectivity index (χ3n) is 14.8. The predicted molar refractivity (Wildman–Crippen MR) is 298 cm³/mol. The first-order chi connectivity index (χ1) is 34.0. The molecule has 0 heterocycles. The van der Waals surface area contributed by atoms with Gasteiger partial charge in [-0.05, 0) is 181 Å². The fraction of sp³-hybridized carbons (Fsp3) is 0.0435. The van der Waals surface area contributed by atoms with Crippen LogP contribution in [0.4, 0.5) is 0 Å². The first-order valence-corrected chi connectivity index (χ1v) is 24.2. The number of hydrogen-bond donors (Lipinski definition) is 0. The fourth-order valence-electron chi connectivity index (χ4n) is 11.9. The van der Waals surface area contributed by atoms with Gasteiger partial charge in [-0.2, -0.15) is 0 Å². The second-order valence-corrected chi connectivity index (χ2v) is 18.8. The number of rotatable bonds is 6. The van der Waals surface area contributed by atoms with Crippen LogP contribution in [0.3, 0.4) is 0 Å². The summed E-state index contributed by atoms with van der Waals surface area (Å²) in [6.07, 6.45) is 0. The topological polar surface area (TPSA) is 0 Å². The van der Waals surface area contributed by atoms with Crippen molar-refractivity contribution in [3.8, 4) is 66.8 Å². The van der Waals surface area contributed by atoms with Gasteiger partial charge in [0.2, 0.25) is 0 Å². The highest BCUT2D eigenvalue weighted by molar-refractivity contribution is 6.23. The molecule has 0 amide bonds. The van der Waals surface area contributed by atoms with E-state index in [9.17, 15) is 0 Å². The quantitative estimate of drug-likeness (QED) is 0.146. The minimum absolute atomic E-state index is 1.22. The molecule has 0 spiro atoms. The Morgan fingerprint density at radius 2 is 0.420 bits per heavy atom. The summed E-state index contributed by atoms with van der Waals surface area (Å²) in [5.74, 6) is 0. The van der Waals surface area contributed by atoms with E-state index < -0.39 is 0 Å². The maximum atomic E-state index is 2.37. The van der Waals surface area contributed by atoms with Crippen molar-refractivity contribution in [3.05, 3.63) is 253 Å². The highest BCUT2D eigenvalue weighted by Crippen LogP contribution is 2.47. The summed E-state index contributed by atoms with van der Waals surface area (Å²) in [5.41, 5.74) is 19.0. The number of aryl methyl sites for hydroxylation is 2. The lowest BCUT2D eigenvalue weighted by Gasteiger charge is -2.20. The standard InChI is InChI=1S/C69H48/c1-43-40-44(2)65(49-32-36-51(37-33-49)67-58-22-10-14-26-62(58)69(63-27-15-11-23-59(63)67)55-39-29-47-17-5-7-19-53(47)42-55)45(3)64(43)48-30-34-50(35-31-48)66-56-20-8-12-24-60(56)68(61-25-13-9-21-57(61)66)54-38-28-46-16-4-6-18-52(46)41-54/h4-42H,1-3H3. The van der Waals surface area contributed by atoms with Crippen molar-refractivity contribution >= 4 is 64.6 Å². The Morgan fingerprint density at radius 3 is 0.725 bits per heavy atom. The van der Waals surface area contributed by atoms with E-state index in [0.29, 0.717) is 0 Å². The Kier molecular flexibility index (Phi) is 9.63. The molecule has 0 heteroatoms. The first kappa shape index (κ1) is 40.7. The maximum absolute atomic E-state index is 2.37. The molecule has 0 aliphatic carbocycles. The van der Waals surface area contributed by atoms with Gasteiger partial charge in [-0.1, -0.05) is 224 Å². The van der Waals surface area contributed by atoms with Gasteiger partial charge in [0.1, 0.15) is 0 Å². The second-order valence-electron chi connectivity index (χ2n) is 18.8. The van der Waals surface area contributed by atoms with Crippen LogP contribution in [0, 0.1) is 20.8 Å². The van der Waals surface area contributed by atoms with Gasteiger partial charge < -0.3 is 0 Å². The summed E-state index contributed by atoms with van der Waals surface area (Å²) in [5, 5.41) is 15.2. The minimum atomic E-state index is 1.22. The molecule has 13 aromatic carbocycles. The van der Waals surface area contributed by atoms with Crippen molar-refractivity contribution in [2.75, 3.05) is 0 Å². The van der Waals surface area contributed by atoms with Crippen LogP contribution >= 0.6 is 0 Å². The van der Waals surface area contributed by atoms with Gasteiger partial charge >= 0.3 is 0 Å². The van der Waals surface area contributed by atoms with Crippen molar-refractivity contribution in [2.24, 2.45) is 0 Å². The molecular weight excluding hydrogens is 829 g/mol. The molecule has 0 atom stereocenters. The highest BCUT2D eigenvalue weighted by Gasteiger charge is 2.21. The van der Waals surface area contributed by atoms with Crippen molar-refractivity contribution in [2.45, 2.75) is 20.8 Å². The molecule has 0 saturated carbocycles. The van der Waals surface area contributed by atoms with Crippen LogP contribution in [0.5, 0.6) is 0 Å². The van der Waals surface area contributed by atoms with E-state index in [1.54, 1.807) is 0 Å². The van der Waals surface area contributed by atoms with Gasteiger partial charge in [0.15, 0.2) is 0 Å². The molecule has 0 nitrogen and oxygen atoms in total. The molecule has 0 N–H and O–H groups in total. The van der Waals surface area contributed by atoms with E-state index in [2.05, 4.69) is 257 Å². The lowest BCUT2D eigenvalue weighted by molar-refractivity contribution is 1.32.